The van der Waals surface area contributed by atoms with Crippen molar-refractivity contribution in [3.63, 3.8) is 0 Å². The van der Waals surface area contributed by atoms with Crippen molar-refractivity contribution < 1.29 is 49.6 Å². The summed E-state index contributed by atoms with van der Waals surface area (Å²) in [5.41, 5.74) is 14.9. The molecule has 1 radical (unpaired) electrons. The Hall–Kier alpha value is -3.64. The molecule has 0 unspecified atom stereocenters. The van der Waals surface area contributed by atoms with Crippen LogP contribution in [0.2, 0.25) is 0 Å². The average molecular weight is 652 g/mol. The molecule has 0 fully saturated rings. The van der Waals surface area contributed by atoms with Crippen LogP contribution in [-0.2, 0) is 39.8 Å². The van der Waals surface area contributed by atoms with Gasteiger partial charge in [0.25, 0.3) is 0 Å². The van der Waals surface area contributed by atoms with E-state index in [1.54, 1.807) is 0 Å². The van der Waals surface area contributed by atoms with Crippen LogP contribution >= 0.6 is 0 Å². The van der Waals surface area contributed by atoms with Gasteiger partial charge in [-0.1, -0.05) is 13.8 Å². The van der Waals surface area contributed by atoms with Crippen LogP contribution in [0.15, 0.2) is 24.3 Å². The van der Waals surface area contributed by atoms with Gasteiger partial charge in [0.2, 0.25) is 0 Å². The third-order valence-corrected chi connectivity index (χ3v) is 8.67. The summed E-state index contributed by atoms with van der Waals surface area (Å²) >= 11 is 0. The molecule has 0 amide bonds. The number of carbonyl (C=O) groups is 2. The number of nitrogens with one attached hydrogen (secondary N) is 2. The molecule has 2 aliphatic rings. The molecule has 10 heteroatoms. The van der Waals surface area contributed by atoms with E-state index in [-0.39, 0.29) is 55.5 Å². The van der Waals surface area contributed by atoms with Crippen molar-refractivity contribution in [2.45, 2.75) is 80.1 Å². The standard InChI is InChI=1S/C34H38N4O4.ClH.Cr/c1-7-21-17(3)25-13-26-19(5)23(9-11-33(39)40)31(37-26)16-32-24(10-12-34(41)42)20(6)28(38-32)15-30-22(8-2)18(4)27(36-30)14-29(21)35-25;;/h13-16,35-36H,7-12H2,1-6H3,(H,39,40)(H,41,42);1H;/q;;+3/p-3. The molecule has 2 aliphatic heterocycles. The van der Waals surface area contributed by atoms with E-state index in [0.717, 1.165) is 74.2 Å². The number of aromatic nitrogens is 4. The topological polar surface area (TPSA) is 138 Å². The van der Waals surface area contributed by atoms with Crippen LogP contribution in [0.3, 0.4) is 0 Å². The predicted molar refractivity (Wildman–Crippen MR) is 163 cm³/mol. The second-order valence-electron chi connectivity index (χ2n) is 11.1. The number of carbonyl (C=O) groups excluding carboxylic acids is 2. The number of aliphatic carboxylic acids is 2. The maximum absolute atomic E-state index is 11.4. The third-order valence-electron chi connectivity index (χ3n) is 8.67. The van der Waals surface area contributed by atoms with Gasteiger partial charge < -0.3 is 42.2 Å². The van der Waals surface area contributed by atoms with E-state index >= 15 is 0 Å². The normalized spacial score (nSPS) is 12.7. The zero-order valence-electron chi connectivity index (χ0n) is 25.9. The van der Waals surface area contributed by atoms with Crippen LogP contribution in [0, 0.1) is 13.8 Å². The van der Waals surface area contributed by atoms with Crippen molar-refractivity contribution in [1.29, 1.82) is 0 Å². The minimum atomic E-state index is -1.13. The van der Waals surface area contributed by atoms with E-state index in [2.05, 4.69) is 43.7 Å². The van der Waals surface area contributed by atoms with E-state index in [0.29, 0.717) is 11.4 Å². The summed E-state index contributed by atoms with van der Waals surface area (Å²) in [4.78, 5) is 40.0. The van der Waals surface area contributed by atoms with Crippen molar-refractivity contribution in [3.05, 3.63) is 69.3 Å². The van der Waals surface area contributed by atoms with Gasteiger partial charge in [-0.15, -0.1) is 0 Å². The number of carboxylic acids is 2. The van der Waals surface area contributed by atoms with Crippen LogP contribution in [0.1, 0.15) is 98.4 Å². The second kappa shape index (κ2) is 14.0. The molecule has 229 valence electrons. The Morgan fingerprint density at radius 3 is 1.43 bits per heavy atom. The Labute approximate surface area is 274 Å². The van der Waals surface area contributed by atoms with Crippen LogP contribution in [0.5, 0.6) is 0 Å². The molecule has 5 rings (SSSR count). The number of carboxylic acid groups (broad SMARTS) is 2. The number of hydrogen-bond donors (Lipinski definition) is 2. The summed E-state index contributed by atoms with van der Waals surface area (Å²) in [5.74, 6) is -2.25. The quantitative estimate of drug-likeness (QED) is 0.382. The Bertz CT molecular complexity index is 1870. The molecule has 8 nitrogen and oxygen atoms in total. The number of fused-ring (bicyclic) bond motifs is 8. The minimum absolute atomic E-state index is 0. The molecule has 3 aromatic heterocycles. The van der Waals surface area contributed by atoms with E-state index in [4.69, 9.17) is 9.97 Å². The third kappa shape index (κ3) is 6.56. The molecular weight excluding hydrogens is 616 g/mol. The number of aryl methyl sites for hydroxylation is 4. The Kier molecular flexibility index (Phi) is 11.1. The summed E-state index contributed by atoms with van der Waals surface area (Å²) < 4.78 is 0. The molecule has 5 heterocycles. The van der Waals surface area contributed by atoms with Gasteiger partial charge in [0.05, 0.1) is 22.8 Å². The van der Waals surface area contributed by atoms with E-state index in [1.807, 2.05) is 32.0 Å². The van der Waals surface area contributed by atoms with Gasteiger partial charge in [-0.25, -0.2) is 9.97 Å². The summed E-state index contributed by atoms with van der Waals surface area (Å²) in [6.45, 7) is 12.4. The SMILES string of the molecule is CCc1c(C)c2cc3[nH]c(cc4nc(cc5nc(cc1[nH]2)C(C)=C5CCC(=O)[O-])C(CCC(=O)[O-])=C4C)c(C)c3CC.[Cl-].[Cr+3]. The van der Waals surface area contributed by atoms with Gasteiger partial charge in [-0.05, 0) is 135 Å². The molecule has 2 N–H and O–H groups in total. The monoisotopic (exact) mass is 651 g/mol. The fraction of sp³-hybridized carbons (Fsp3) is 0.353. The van der Waals surface area contributed by atoms with Crippen LogP contribution < -0.4 is 22.6 Å². The average Bonchev–Trinajstić information content (AvgIpc) is 3.59. The van der Waals surface area contributed by atoms with Gasteiger partial charge in [-0.2, -0.15) is 0 Å². The van der Waals surface area contributed by atoms with Crippen molar-refractivity contribution in [1.82, 2.24) is 19.9 Å². The minimum Gasteiger partial charge on any atom is -1.00 e. The molecule has 3 aromatic rings. The van der Waals surface area contributed by atoms with Crippen molar-refractivity contribution in [2.75, 3.05) is 0 Å². The zero-order chi connectivity index (χ0) is 30.3. The molecule has 0 spiro atoms. The number of hydrogen-bond acceptors (Lipinski definition) is 6. The van der Waals surface area contributed by atoms with Gasteiger partial charge in [-0.3, -0.25) is 0 Å². The maximum Gasteiger partial charge on any atom is 3.00 e. The van der Waals surface area contributed by atoms with Crippen molar-refractivity contribution >= 4 is 56.3 Å². The molecule has 0 saturated carbocycles. The predicted octanol–water partition coefficient (Wildman–Crippen LogP) is 1.98. The van der Waals surface area contributed by atoms with E-state index < -0.39 is 11.9 Å². The zero-order valence-corrected chi connectivity index (χ0v) is 27.9. The van der Waals surface area contributed by atoms with Crippen LogP contribution in [0.25, 0.3) is 44.4 Å². The van der Waals surface area contributed by atoms with E-state index in [1.165, 1.54) is 16.7 Å². The Morgan fingerprint density at radius 2 is 1.02 bits per heavy atom. The fourth-order valence-electron chi connectivity index (χ4n) is 6.21. The molecule has 44 heavy (non-hydrogen) atoms. The van der Waals surface area contributed by atoms with Crippen molar-refractivity contribution in [3.8, 4) is 0 Å². The summed E-state index contributed by atoms with van der Waals surface area (Å²) in [7, 11) is 0. The number of halogens is 1. The summed E-state index contributed by atoms with van der Waals surface area (Å²) in [6, 6.07) is 8.09. The maximum atomic E-state index is 11.4. The molecule has 8 bridgehead atoms. The van der Waals surface area contributed by atoms with E-state index in [9.17, 15) is 19.8 Å². The van der Waals surface area contributed by atoms with Crippen LogP contribution in [0.4, 0.5) is 0 Å². The molecule has 0 atom stereocenters. The van der Waals surface area contributed by atoms with Gasteiger partial charge >= 0.3 is 17.4 Å². The first-order chi connectivity index (χ1) is 20.0. The smallest absolute Gasteiger partial charge is 1.00 e. The van der Waals surface area contributed by atoms with Gasteiger partial charge in [0, 0.05) is 34.0 Å². The van der Waals surface area contributed by atoms with Gasteiger partial charge in [0.1, 0.15) is 0 Å². The number of aromatic amines is 2. The largest absolute Gasteiger partial charge is 3.00 e. The summed E-state index contributed by atoms with van der Waals surface area (Å²) in [6.07, 6.45) is 1.96. The molecular formula is C34H36ClCrN4O4. The number of nitrogens with zero attached hydrogens (tertiary/aromatic N) is 2. The number of H-pyrrole nitrogens is 2. The van der Waals surface area contributed by atoms with Gasteiger partial charge in [0.15, 0.2) is 0 Å². The fourth-order valence-corrected chi connectivity index (χ4v) is 6.21. The molecule has 0 aromatic carbocycles. The second-order valence-corrected chi connectivity index (χ2v) is 11.1. The van der Waals surface area contributed by atoms with Crippen LogP contribution in [-0.4, -0.2) is 31.9 Å². The Morgan fingerprint density at radius 1 is 0.636 bits per heavy atom. The first kappa shape index (κ1) is 34.8. The molecule has 0 aliphatic carbocycles. The first-order valence-corrected chi connectivity index (χ1v) is 14.6. The molecule has 0 saturated heterocycles. The number of allylic oxidation sites excluding steroid dienone is 4. The Balaban J connectivity index is 0.00000264. The van der Waals surface area contributed by atoms with Crippen molar-refractivity contribution in [2.24, 2.45) is 0 Å². The first-order valence-electron chi connectivity index (χ1n) is 14.6. The summed E-state index contributed by atoms with van der Waals surface area (Å²) in [5, 5.41) is 22.8. The number of rotatable bonds is 8.